The minimum atomic E-state index is 0.335. The Hall–Kier alpha value is -0.0800. The Bertz CT molecular complexity index is 157. The summed E-state index contributed by atoms with van der Waals surface area (Å²) in [4.78, 5) is 0. The summed E-state index contributed by atoms with van der Waals surface area (Å²) >= 11 is 0. The van der Waals surface area contributed by atoms with Gasteiger partial charge in [0.05, 0.1) is 0 Å². The van der Waals surface area contributed by atoms with E-state index in [2.05, 4.69) is 12.2 Å². The molecule has 0 aromatic heterocycles. The second-order valence-electron chi connectivity index (χ2n) is 4.82. The minimum absolute atomic E-state index is 0.335. The van der Waals surface area contributed by atoms with Gasteiger partial charge in [-0.05, 0) is 44.1 Å². The molecule has 2 rings (SSSR count). The van der Waals surface area contributed by atoms with Crippen LogP contribution in [0.4, 0.5) is 0 Å². The molecule has 2 aliphatic rings. The number of hydrogen-bond donors (Lipinski definition) is 2. The monoisotopic (exact) mass is 168 g/mol. The van der Waals surface area contributed by atoms with Crippen LogP contribution in [0.15, 0.2) is 0 Å². The Morgan fingerprint density at radius 3 is 2.50 bits per heavy atom. The van der Waals surface area contributed by atoms with Crippen molar-refractivity contribution in [1.82, 2.24) is 5.32 Å². The fraction of sp³-hybridized carbons (Fsp3) is 1.00. The summed E-state index contributed by atoms with van der Waals surface area (Å²) < 4.78 is 0. The van der Waals surface area contributed by atoms with Gasteiger partial charge < -0.3 is 11.1 Å². The van der Waals surface area contributed by atoms with Crippen LogP contribution in [0, 0.1) is 11.8 Å². The molecule has 0 amide bonds. The average molecular weight is 168 g/mol. The van der Waals surface area contributed by atoms with Crippen LogP contribution in [0.3, 0.4) is 0 Å². The van der Waals surface area contributed by atoms with Crippen molar-refractivity contribution in [2.45, 2.75) is 38.1 Å². The van der Waals surface area contributed by atoms with Gasteiger partial charge in [0.15, 0.2) is 0 Å². The fourth-order valence-electron chi connectivity index (χ4n) is 2.34. The zero-order valence-corrected chi connectivity index (χ0v) is 7.97. The van der Waals surface area contributed by atoms with Gasteiger partial charge >= 0.3 is 0 Å². The Labute approximate surface area is 74.9 Å². The van der Waals surface area contributed by atoms with Crippen LogP contribution in [0.2, 0.25) is 0 Å². The van der Waals surface area contributed by atoms with Gasteiger partial charge in [-0.2, -0.15) is 0 Å². The second-order valence-corrected chi connectivity index (χ2v) is 4.82. The molecule has 0 heterocycles. The maximum atomic E-state index is 5.78. The predicted molar refractivity (Wildman–Crippen MR) is 50.9 cm³/mol. The van der Waals surface area contributed by atoms with Gasteiger partial charge in [0.25, 0.3) is 0 Å². The fourth-order valence-corrected chi connectivity index (χ4v) is 2.34. The van der Waals surface area contributed by atoms with Crippen molar-refractivity contribution in [2.24, 2.45) is 17.6 Å². The molecule has 2 saturated carbocycles. The molecule has 0 spiro atoms. The summed E-state index contributed by atoms with van der Waals surface area (Å²) in [6.45, 7) is 4.35. The van der Waals surface area contributed by atoms with Crippen molar-refractivity contribution in [1.29, 1.82) is 0 Å². The average Bonchev–Trinajstić information content (AvgIpc) is 2.78. The summed E-state index contributed by atoms with van der Waals surface area (Å²) in [6.07, 6.45) is 5.44. The number of nitrogens with one attached hydrogen (secondary N) is 1. The predicted octanol–water partition coefficient (Wildman–Crippen LogP) is 1.11. The van der Waals surface area contributed by atoms with E-state index >= 15 is 0 Å². The second kappa shape index (κ2) is 3.00. The van der Waals surface area contributed by atoms with Gasteiger partial charge in [0, 0.05) is 12.1 Å². The van der Waals surface area contributed by atoms with Crippen LogP contribution in [0.5, 0.6) is 0 Å². The highest BCUT2D eigenvalue weighted by molar-refractivity contribution is 5.01. The first kappa shape index (κ1) is 8.52. The first-order valence-electron chi connectivity index (χ1n) is 5.19. The van der Waals surface area contributed by atoms with Crippen LogP contribution in [-0.2, 0) is 0 Å². The highest BCUT2D eigenvalue weighted by atomic mass is 15.0. The molecule has 0 atom stereocenters. The Morgan fingerprint density at radius 2 is 2.08 bits per heavy atom. The Kier molecular flexibility index (Phi) is 2.13. The zero-order valence-electron chi connectivity index (χ0n) is 7.97. The molecular formula is C10H20N2. The van der Waals surface area contributed by atoms with Crippen LogP contribution in [0.25, 0.3) is 0 Å². The molecule has 2 nitrogen and oxygen atoms in total. The molecule has 3 N–H and O–H groups in total. The maximum absolute atomic E-state index is 5.78. The molecule has 0 saturated heterocycles. The first-order chi connectivity index (χ1) is 5.74. The molecule has 0 aromatic rings. The van der Waals surface area contributed by atoms with Crippen molar-refractivity contribution >= 4 is 0 Å². The molecule has 0 aromatic carbocycles. The van der Waals surface area contributed by atoms with E-state index in [-0.39, 0.29) is 0 Å². The zero-order chi connectivity index (χ0) is 8.60. The van der Waals surface area contributed by atoms with Gasteiger partial charge in [-0.15, -0.1) is 0 Å². The van der Waals surface area contributed by atoms with Gasteiger partial charge in [-0.25, -0.2) is 0 Å². The van der Waals surface area contributed by atoms with E-state index in [0.29, 0.717) is 5.54 Å². The molecule has 0 radical (unpaired) electrons. The lowest BCUT2D eigenvalue weighted by molar-refractivity contribution is 0.122. The van der Waals surface area contributed by atoms with Crippen molar-refractivity contribution in [3.8, 4) is 0 Å². The smallest absolute Gasteiger partial charge is 0.0309 e. The molecule has 0 unspecified atom stereocenters. The van der Waals surface area contributed by atoms with E-state index < -0.39 is 0 Å². The van der Waals surface area contributed by atoms with Crippen LogP contribution in [0.1, 0.15) is 32.6 Å². The standard InChI is InChI=1S/C10H20N2/c1-8-4-10(5-8,7-11)12-6-9-2-3-9/h8-9,12H,2-7,11H2,1H3. The number of rotatable bonds is 4. The van der Waals surface area contributed by atoms with E-state index in [4.69, 9.17) is 5.73 Å². The summed E-state index contributed by atoms with van der Waals surface area (Å²) in [5.41, 5.74) is 6.11. The van der Waals surface area contributed by atoms with Crippen molar-refractivity contribution in [3.63, 3.8) is 0 Å². The third-order valence-electron chi connectivity index (χ3n) is 3.33. The van der Waals surface area contributed by atoms with E-state index in [0.717, 1.165) is 18.4 Å². The van der Waals surface area contributed by atoms with Gasteiger partial charge in [0.1, 0.15) is 0 Å². The SMILES string of the molecule is CC1CC(CN)(NCC2CC2)C1. The summed E-state index contributed by atoms with van der Waals surface area (Å²) in [6, 6.07) is 0. The summed E-state index contributed by atoms with van der Waals surface area (Å²) in [7, 11) is 0. The van der Waals surface area contributed by atoms with Crippen molar-refractivity contribution in [2.75, 3.05) is 13.1 Å². The first-order valence-corrected chi connectivity index (χ1v) is 5.19. The van der Waals surface area contributed by atoms with Crippen LogP contribution >= 0.6 is 0 Å². The van der Waals surface area contributed by atoms with Crippen LogP contribution < -0.4 is 11.1 Å². The third-order valence-corrected chi connectivity index (χ3v) is 3.33. The van der Waals surface area contributed by atoms with E-state index in [1.807, 2.05) is 0 Å². The normalized spacial score (nSPS) is 41.0. The molecule has 0 bridgehead atoms. The minimum Gasteiger partial charge on any atom is -0.329 e. The third kappa shape index (κ3) is 1.64. The largest absolute Gasteiger partial charge is 0.329 e. The lowest BCUT2D eigenvalue weighted by atomic mass is 9.69. The summed E-state index contributed by atoms with van der Waals surface area (Å²) in [5, 5.41) is 3.65. The molecule has 2 heteroatoms. The number of nitrogens with two attached hydrogens (primary N) is 1. The lowest BCUT2D eigenvalue weighted by Gasteiger charge is -2.46. The van der Waals surface area contributed by atoms with E-state index in [1.165, 1.54) is 32.2 Å². The topological polar surface area (TPSA) is 38.0 Å². The maximum Gasteiger partial charge on any atom is 0.0309 e. The van der Waals surface area contributed by atoms with E-state index in [1.54, 1.807) is 0 Å². The molecule has 2 aliphatic carbocycles. The highest BCUT2D eigenvalue weighted by Gasteiger charge is 2.41. The van der Waals surface area contributed by atoms with Crippen molar-refractivity contribution in [3.05, 3.63) is 0 Å². The van der Waals surface area contributed by atoms with Crippen LogP contribution in [-0.4, -0.2) is 18.6 Å². The van der Waals surface area contributed by atoms with Gasteiger partial charge in [-0.3, -0.25) is 0 Å². The van der Waals surface area contributed by atoms with Crippen molar-refractivity contribution < 1.29 is 0 Å². The Morgan fingerprint density at radius 1 is 1.42 bits per heavy atom. The molecule has 12 heavy (non-hydrogen) atoms. The highest BCUT2D eigenvalue weighted by Crippen LogP contribution is 2.38. The molecule has 2 fully saturated rings. The summed E-state index contributed by atoms with van der Waals surface area (Å²) in [5.74, 6) is 1.87. The van der Waals surface area contributed by atoms with Gasteiger partial charge in [-0.1, -0.05) is 6.92 Å². The number of hydrogen-bond acceptors (Lipinski definition) is 2. The molecular weight excluding hydrogens is 148 g/mol. The Balaban J connectivity index is 1.74. The molecule has 0 aliphatic heterocycles. The molecule has 70 valence electrons. The quantitative estimate of drug-likeness (QED) is 0.660. The van der Waals surface area contributed by atoms with Gasteiger partial charge in [0.2, 0.25) is 0 Å². The lowest BCUT2D eigenvalue weighted by Crippen LogP contribution is -2.59. The van der Waals surface area contributed by atoms with E-state index in [9.17, 15) is 0 Å².